The molecule has 3 heteroatoms. The molecule has 0 aliphatic heterocycles. The first-order valence-electron chi connectivity index (χ1n) is 6.24. The Balaban J connectivity index is 2.27. The van der Waals surface area contributed by atoms with Crippen molar-refractivity contribution >= 4 is 22.8 Å². The lowest BCUT2D eigenvalue weighted by Crippen LogP contribution is -2.18. The lowest BCUT2D eigenvalue weighted by molar-refractivity contribution is -0.297. The van der Waals surface area contributed by atoms with Crippen molar-refractivity contribution in [2.24, 2.45) is 0 Å². The molecule has 3 nitrogen and oxygen atoms in total. The molecule has 0 spiro atoms. The Morgan fingerprint density at radius 2 is 1.95 bits per heavy atom. The second-order valence-corrected chi connectivity index (χ2v) is 4.27. The molecule has 0 fully saturated rings. The van der Waals surface area contributed by atoms with E-state index >= 15 is 0 Å². The van der Waals surface area contributed by atoms with Crippen molar-refractivity contribution in [2.45, 2.75) is 13.3 Å². The van der Waals surface area contributed by atoms with Crippen LogP contribution in [0.4, 0.5) is 0 Å². The number of fused-ring (bicyclic) bond motifs is 1. The second-order valence-electron chi connectivity index (χ2n) is 4.27. The van der Waals surface area contributed by atoms with Crippen molar-refractivity contribution in [3.63, 3.8) is 0 Å². The molecule has 0 atom stereocenters. The van der Waals surface area contributed by atoms with Crippen molar-refractivity contribution in [1.29, 1.82) is 0 Å². The van der Waals surface area contributed by atoms with Crippen LogP contribution in [-0.4, -0.2) is 12.6 Å². The molecule has 0 aromatic heterocycles. The summed E-state index contributed by atoms with van der Waals surface area (Å²) in [6, 6.07) is 11.6. The van der Waals surface area contributed by atoms with E-state index in [1.54, 1.807) is 0 Å². The molecule has 0 N–H and O–H groups in total. The smallest absolute Gasteiger partial charge is 0.119 e. The van der Waals surface area contributed by atoms with Crippen LogP contribution in [0.25, 0.3) is 16.8 Å². The van der Waals surface area contributed by atoms with Crippen LogP contribution in [0.2, 0.25) is 0 Å². The van der Waals surface area contributed by atoms with Gasteiger partial charge in [-0.25, -0.2) is 0 Å². The highest BCUT2D eigenvalue weighted by Gasteiger charge is 1.98. The van der Waals surface area contributed by atoms with Crippen LogP contribution in [0.1, 0.15) is 18.9 Å². The van der Waals surface area contributed by atoms with E-state index in [-0.39, 0.29) is 0 Å². The van der Waals surface area contributed by atoms with Crippen LogP contribution in [0.3, 0.4) is 0 Å². The molecule has 2 aromatic carbocycles. The number of carboxylic acid groups (broad SMARTS) is 1. The first kappa shape index (κ1) is 13.1. The SMILES string of the molecule is CCCOc1ccc2cc(/C=C/C(=O)[O-])ccc2c1. The van der Waals surface area contributed by atoms with Crippen LogP contribution in [0, 0.1) is 0 Å². The molecule has 19 heavy (non-hydrogen) atoms. The maximum Gasteiger partial charge on any atom is 0.119 e. The Hall–Kier alpha value is -2.29. The largest absolute Gasteiger partial charge is 0.545 e. The molecule has 0 heterocycles. The van der Waals surface area contributed by atoms with Gasteiger partial charge in [0.2, 0.25) is 0 Å². The monoisotopic (exact) mass is 255 g/mol. The van der Waals surface area contributed by atoms with E-state index < -0.39 is 5.97 Å². The molecule has 0 aliphatic carbocycles. The lowest BCUT2D eigenvalue weighted by Gasteiger charge is -2.06. The molecule has 0 amide bonds. The topological polar surface area (TPSA) is 49.4 Å². The summed E-state index contributed by atoms with van der Waals surface area (Å²) in [6.07, 6.45) is 3.53. The summed E-state index contributed by atoms with van der Waals surface area (Å²) in [5.74, 6) is -0.337. The number of carbonyl (C=O) groups excluding carboxylic acids is 1. The number of benzene rings is 2. The van der Waals surface area contributed by atoms with Gasteiger partial charge in [-0.05, 0) is 47.0 Å². The van der Waals surface area contributed by atoms with Crippen LogP contribution < -0.4 is 9.84 Å². The van der Waals surface area contributed by atoms with Gasteiger partial charge in [0.15, 0.2) is 0 Å². The molecular formula is C16H15O3-. The Labute approximate surface area is 112 Å². The van der Waals surface area contributed by atoms with Crippen LogP contribution >= 0.6 is 0 Å². The first-order chi connectivity index (χ1) is 9.19. The highest BCUT2D eigenvalue weighted by Crippen LogP contribution is 2.22. The van der Waals surface area contributed by atoms with E-state index in [1.807, 2.05) is 36.4 Å². The summed E-state index contributed by atoms with van der Waals surface area (Å²) in [5, 5.41) is 12.5. The molecule has 0 saturated heterocycles. The molecular weight excluding hydrogens is 240 g/mol. The predicted molar refractivity (Wildman–Crippen MR) is 73.8 cm³/mol. The molecule has 0 bridgehead atoms. The Kier molecular flexibility index (Phi) is 4.18. The summed E-state index contributed by atoms with van der Waals surface area (Å²) in [7, 11) is 0. The number of aliphatic carboxylic acids is 1. The first-order valence-corrected chi connectivity index (χ1v) is 6.24. The fraction of sp³-hybridized carbons (Fsp3) is 0.188. The minimum atomic E-state index is -1.19. The normalized spacial score (nSPS) is 11.0. The van der Waals surface area contributed by atoms with E-state index in [9.17, 15) is 9.90 Å². The number of hydrogen-bond donors (Lipinski definition) is 0. The van der Waals surface area contributed by atoms with Gasteiger partial charge in [0.1, 0.15) is 5.75 Å². The van der Waals surface area contributed by atoms with Gasteiger partial charge < -0.3 is 14.6 Å². The summed E-state index contributed by atoms with van der Waals surface area (Å²) < 4.78 is 5.57. The predicted octanol–water partition coefficient (Wildman–Crippen LogP) is 2.39. The van der Waals surface area contributed by atoms with Gasteiger partial charge in [0.05, 0.1) is 12.6 Å². The molecule has 0 saturated carbocycles. The quantitative estimate of drug-likeness (QED) is 0.771. The van der Waals surface area contributed by atoms with E-state index in [1.165, 1.54) is 6.08 Å². The summed E-state index contributed by atoms with van der Waals surface area (Å²) in [4.78, 5) is 10.4. The van der Waals surface area contributed by atoms with E-state index in [0.29, 0.717) is 6.61 Å². The Bertz CT molecular complexity index is 614. The third-order valence-corrected chi connectivity index (χ3v) is 2.72. The van der Waals surface area contributed by atoms with E-state index in [4.69, 9.17) is 4.74 Å². The summed E-state index contributed by atoms with van der Waals surface area (Å²) >= 11 is 0. The van der Waals surface area contributed by atoms with Crippen molar-refractivity contribution in [2.75, 3.05) is 6.61 Å². The molecule has 2 aromatic rings. The zero-order valence-electron chi connectivity index (χ0n) is 10.8. The molecule has 0 aliphatic rings. The molecule has 98 valence electrons. The van der Waals surface area contributed by atoms with Crippen LogP contribution in [0.5, 0.6) is 5.75 Å². The second kappa shape index (κ2) is 6.05. The van der Waals surface area contributed by atoms with Crippen molar-refractivity contribution in [1.82, 2.24) is 0 Å². The summed E-state index contributed by atoms with van der Waals surface area (Å²) in [5.41, 5.74) is 0.832. The van der Waals surface area contributed by atoms with Gasteiger partial charge >= 0.3 is 0 Å². The fourth-order valence-corrected chi connectivity index (χ4v) is 1.82. The highest BCUT2D eigenvalue weighted by molar-refractivity contribution is 5.88. The van der Waals surface area contributed by atoms with Crippen molar-refractivity contribution in [3.8, 4) is 5.75 Å². The van der Waals surface area contributed by atoms with Gasteiger partial charge in [-0.15, -0.1) is 0 Å². The maximum absolute atomic E-state index is 10.4. The van der Waals surface area contributed by atoms with E-state index in [2.05, 4.69) is 6.92 Å². The number of hydrogen-bond acceptors (Lipinski definition) is 3. The van der Waals surface area contributed by atoms with Gasteiger partial charge in [-0.3, -0.25) is 0 Å². The van der Waals surface area contributed by atoms with Gasteiger partial charge in [-0.1, -0.05) is 31.2 Å². The molecule has 0 radical (unpaired) electrons. The Morgan fingerprint density at radius 3 is 2.68 bits per heavy atom. The van der Waals surface area contributed by atoms with Crippen molar-refractivity contribution in [3.05, 3.63) is 48.0 Å². The zero-order chi connectivity index (χ0) is 13.7. The average molecular weight is 255 g/mol. The van der Waals surface area contributed by atoms with Crippen molar-refractivity contribution < 1.29 is 14.6 Å². The zero-order valence-corrected chi connectivity index (χ0v) is 10.8. The summed E-state index contributed by atoms with van der Waals surface area (Å²) in [6.45, 7) is 2.77. The molecule has 2 rings (SSSR count). The highest BCUT2D eigenvalue weighted by atomic mass is 16.5. The van der Waals surface area contributed by atoms with Gasteiger partial charge in [0.25, 0.3) is 0 Å². The fourth-order valence-electron chi connectivity index (χ4n) is 1.82. The standard InChI is InChI=1S/C16H16O3/c1-2-9-19-15-7-6-13-10-12(4-8-16(17)18)3-5-14(13)11-15/h3-8,10-11H,2,9H2,1H3,(H,17,18)/p-1/b8-4+. The third-order valence-electron chi connectivity index (χ3n) is 2.72. The lowest BCUT2D eigenvalue weighted by atomic mass is 10.1. The molecule has 0 unspecified atom stereocenters. The number of rotatable bonds is 5. The number of carbonyl (C=O) groups is 1. The number of carboxylic acids is 1. The van der Waals surface area contributed by atoms with Crippen LogP contribution in [-0.2, 0) is 4.79 Å². The van der Waals surface area contributed by atoms with Gasteiger partial charge in [-0.2, -0.15) is 0 Å². The number of ether oxygens (including phenoxy) is 1. The average Bonchev–Trinajstić information content (AvgIpc) is 2.42. The minimum Gasteiger partial charge on any atom is -0.545 e. The van der Waals surface area contributed by atoms with E-state index in [0.717, 1.165) is 34.6 Å². The van der Waals surface area contributed by atoms with Crippen LogP contribution in [0.15, 0.2) is 42.5 Å². The van der Waals surface area contributed by atoms with Gasteiger partial charge in [0, 0.05) is 0 Å². The Morgan fingerprint density at radius 1 is 1.21 bits per heavy atom. The minimum absolute atomic E-state index is 0.706. The third kappa shape index (κ3) is 3.58. The maximum atomic E-state index is 10.4.